The van der Waals surface area contributed by atoms with E-state index in [0.717, 1.165) is 17.9 Å². The molecule has 0 amide bonds. The molecule has 1 atom stereocenters. The van der Waals surface area contributed by atoms with Gasteiger partial charge in [0.05, 0.1) is 0 Å². The molecule has 1 saturated carbocycles. The molecule has 1 aromatic rings. The quantitative estimate of drug-likeness (QED) is 0.915. The Morgan fingerprint density at radius 1 is 1.26 bits per heavy atom. The Labute approximate surface area is 124 Å². The van der Waals surface area contributed by atoms with Crippen LogP contribution in [0.3, 0.4) is 0 Å². The molecule has 0 spiro atoms. The Bertz CT molecular complexity index is 411. The number of rotatable bonds is 4. The molecule has 104 valence electrons. The van der Waals surface area contributed by atoms with Gasteiger partial charge in [-0.05, 0) is 68.9 Å². The lowest BCUT2D eigenvalue weighted by molar-refractivity contribution is 0.274. The average molecular weight is 323 g/mol. The maximum absolute atomic E-state index is 3.76. The zero-order valence-corrected chi connectivity index (χ0v) is 13.2. The van der Waals surface area contributed by atoms with Gasteiger partial charge >= 0.3 is 0 Å². The molecule has 19 heavy (non-hydrogen) atoms. The van der Waals surface area contributed by atoms with Gasteiger partial charge in [0.2, 0.25) is 0 Å². The second kappa shape index (κ2) is 5.94. The summed E-state index contributed by atoms with van der Waals surface area (Å²) in [5.41, 5.74) is 1.50. The first kappa shape index (κ1) is 13.6. The fourth-order valence-electron chi connectivity index (χ4n) is 3.32. The fraction of sp³-hybridized carbons (Fsp3) is 0.625. The van der Waals surface area contributed by atoms with E-state index < -0.39 is 0 Å². The molecule has 1 N–H and O–H groups in total. The molecule has 0 aromatic heterocycles. The monoisotopic (exact) mass is 322 g/mol. The zero-order chi connectivity index (χ0) is 13.2. The molecular weight excluding hydrogens is 300 g/mol. The Hall–Kier alpha value is -0.380. The predicted octanol–water partition coefficient (Wildman–Crippen LogP) is 3.24. The summed E-state index contributed by atoms with van der Waals surface area (Å²) in [5.74, 6) is 1.65. The van der Waals surface area contributed by atoms with Gasteiger partial charge in [-0.3, -0.25) is 0 Å². The summed E-state index contributed by atoms with van der Waals surface area (Å²) in [7, 11) is 2.23. The Kier molecular flexibility index (Phi) is 4.25. The maximum Gasteiger partial charge on any atom is 0.0175 e. The summed E-state index contributed by atoms with van der Waals surface area (Å²) in [4.78, 5) is 2.44. The van der Waals surface area contributed by atoms with Crippen molar-refractivity contribution in [3.8, 4) is 0 Å². The summed E-state index contributed by atoms with van der Waals surface area (Å²) in [5, 5.41) is 3.76. The van der Waals surface area contributed by atoms with Crippen LogP contribution in [0.2, 0.25) is 0 Å². The van der Waals surface area contributed by atoms with E-state index in [1.165, 1.54) is 48.9 Å². The topological polar surface area (TPSA) is 15.3 Å². The van der Waals surface area contributed by atoms with Gasteiger partial charge in [-0.2, -0.15) is 0 Å². The molecule has 1 aromatic carbocycles. The Balaban J connectivity index is 1.39. The van der Waals surface area contributed by atoms with E-state index in [-0.39, 0.29) is 0 Å². The Morgan fingerprint density at radius 3 is 2.63 bits per heavy atom. The first-order valence-corrected chi connectivity index (χ1v) is 8.17. The number of benzene rings is 1. The zero-order valence-electron chi connectivity index (χ0n) is 11.6. The number of halogens is 1. The second-order valence-corrected chi connectivity index (χ2v) is 7.16. The standard InChI is InChI=1S/C16H23BrN2/c1-19-7-6-12(11-19)10-18-16-8-14(9-16)13-2-4-15(17)5-3-13/h2-5,12,14,16,18H,6-11H2,1H3. The lowest BCUT2D eigenvalue weighted by Crippen LogP contribution is -2.42. The molecule has 1 aliphatic heterocycles. The second-order valence-electron chi connectivity index (χ2n) is 6.24. The van der Waals surface area contributed by atoms with Gasteiger partial charge in [0, 0.05) is 17.1 Å². The van der Waals surface area contributed by atoms with Crippen molar-refractivity contribution in [3.05, 3.63) is 34.3 Å². The van der Waals surface area contributed by atoms with Gasteiger partial charge in [-0.15, -0.1) is 0 Å². The van der Waals surface area contributed by atoms with E-state index in [4.69, 9.17) is 0 Å². The van der Waals surface area contributed by atoms with Gasteiger partial charge in [0.1, 0.15) is 0 Å². The molecule has 2 aliphatic rings. The third-order valence-corrected chi connectivity index (χ3v) is 5.19. The van der Waals surface area contributed by atoms with E-state index >= 15 is 0 Å². The third kappa shape index (κ3) is 3.39. The first-order chi connectivity index (χ1) is 9.20. The normalized spacial score (nSPS) is 31.4. The number of nitrogens with zero attached hydrogens (tertiary/aromatic N) is 1. The third-order valence-electron chi connectivity index (χ3n) is 4.66. The number of hydrogen-bond acceptors (Lipinski definition) is 2. The minimum atomic E-state index is 0.750. The molecule has 0 radical (unpaired) electrons. The van der Waals surface area contributed by atoms with Gasteiger partial charge < -0.3 is 10.2 Å². The van der Waals surface area contributed by atoms with Crippen LogP contribution in [-0.2, 0) is 0 Å². The van der Waals surface area contributed by atoms with Crippen molar-refractivity contribution in [1.82, 2.24) is 10.2 Å². The first-order valence-electron chi connectivity index (χ1n) is 7.38. The lowest BCUT2D eigenvalue weighted by Gasteiger charge is -2.37. The van der Waals surface area contributed by atoms with Crippen molar-refractivity contribution < 1.29 is 0 Å². The van der Waals surface area contributed by atoms with Crippen molar-refractivity contribution in [1.29, 1.82) is 0 Å². The van der Waals surface area contributed by atoms with Crippen LogP contribution in [0.5, 0.6) is 0 Å². The van der Waals surface area contributed by atoms with Crippen LogP contribution in [0.15, 0.2) is 28.7 Å². The highest BCUT2D eigenvalue weighted by Gasteiger charge is 2.30. The van der Waals surface area contributed by atoms with Crippen molar-refractivity contribution in [2.45, 2.75) is 31.2 Å². The summed E-state index contributed by atoms with van der Waals surface area (Å²) < 4.78 is 1.18. The van der Waals surface area contributed by atoms with Crippen molar-refractivity contribution in [2.24, 2.45) is 5.92 Å². The van der Waals surface area contributed by atoms with Crippen LogP contribution in [0.1, 0.15) is 30.7 Å². The lowest BCUT2D eigenvalue weighted by atomic mass is 9.76. The molecule has 2 fully saturated rings. The van der Waals surface area contributed by atoms with Crippen molar-refractivity contribution in [3.63, 3.8) is 0 Å². The molecule has 1 saturated heterocycles. The van der Waals surface area contributed by atoms with Gasteiger partial charge in [0.15, 0.2) is 0 Å². The molecule has 2 nitrogen and oxygen atoms in total. The number of nitrogens with one attached hydrogen (secondary N) is 1. The number of hydrogen-bond donors (Lipinski definition) is 1. The molecule has 0 bridgehead atoms. The van der Waals surface area contributed by atoms with E-state index in [0.29, 0.717) is 0 Å². The summed E-state index contributed by atoms with van der Waals surface area (Å²) in [6, 6.07) is 9.59. The highest BCUT2D eigenvalue weighted by atomic mass is 79.9. The minimum Gasteiger partial charge on any atom is -0.314 e. The average Bonchev–Trinajstić information content (AvgIpc) is 2.75. The molecule has 3 rings (SSSR count). The molecule has 1 heterocycles. The van der Waals surface area contributed by atoms with E-state index in [1.54, 1.807) is 0 Å². The van der Waals surface area contributed by atoms with E-state index in [2.05, 4.69) is 57.5 Å². The van der Waals surface area contributed by atoms with Crippen LogP contribution in [0, 0.1) is 5.92 Å². The van der Waals surface area contributed by atoms with Crippen LogP contribution in [0.4, 0.5) is 0 Å². The van der Waals surface area contributed by atoms with E-state index in [9.17, 15) is 0 Å². The van der Waals surface area contributed by atoms with Gasteiger partial charge in [-0.1, -0.05) is 28.1 Å². The molecule has 3 heteroatoms. The van der Waals surface area contributed by atoms with Gasteiger partial charge in [-0.25, -0.2) is 0 Å². The SMILES string of the molecule is CN1CCC(CNC2CC(c3ccc(Br)cc3)C2)C1. The fourth-order valence-corrected chi connectivity index (χ4v) is 3.58. The smallest absolute Gasteiger partial charge is 0.0175 e. The van der Waals surface area contributed by atoms with Crippen LogP contribution in [-0.4, -0.2) is 37.6 Å². The van der Waals surface area contributed by atoms with E-state index in [1.807, 2.05) is 0 Å². The summed E-state index contributed by atoms with van der Waals surface area (Å²) in [6.45, 7) is 3.76. The largest absolute Gasteiger partial charge is 0.314 e. The van der Waals surface area contributed by atoms with Crippen LogP contribution < -0.4 is 5.32 Å². The summed E-state index contributed by atoms with van der Waals surface area (Å²) >= 11 is 3.50. The molecule has 1 aliphatic carbocycles. The number of likely N-dealkylation sites (tertiary alicyclic amines) is 1. The Morgan fingerprint density at radius 2 is 2.00 bits per heavy atom. The van der Waals surface area contributed by atoms with Crippen molar-refractivity contribution >= 4 is 15.9 Å². The predicted molar refractivity (Wildman–Crippen MR) is 83.5 cm³/mol. The van der Waals surface area contributed by atoms with Crippen molar-refractivity contribution in [2.75, 3.05) is 26.7 Å². The van der Waals surface area contributed by atoms with Gasteiger partial charge in [0.25, 0.3) is 0 Å². The maximum atomic E-state index is 3.76. The highest BCUT2D eigenvalue weighted by molar-refractivity contribution is 9.10. The molecule has 1 unspecified atom stereocenters. The highest BCUT2D eigenvalue weighted by Crippen LogP contribution is 2.37. The van der Waals surface area contributed by atoms with Crippen LogP contribution in [0.25, 0.3) is 0 Å². The molecular formula is C16H23BrN2. The van der Waals surface area contributed by atoms with Crippen LogP contribution >= 0.6 is 15.9 Å². The minimum absolute atomic E-state index is 0.750. The summed E-state index contributed by atoms with van der Waals surface area (Å²) in [6.07, 6.45) is 3.99.